The van der Waals surface area contributed by atoms with Crippen molar-refractivity contribution in [3.63, 3.8) is 0 Å². The third kappa shape index (κ3) is 2.89. The Balaban J connectivity index is 1.98. The second kappa shape index (κ2) is 5.55. The average Bonchev–Trinajstić information content (AvgIpc) is 2.44. The van der Waals surface area contributed by atoms with Crippen LogP contribution in [0, 0.1) is 0 Å². The summed E-state index contributed by atoms with van der Waals surface area (Å²) in [4.78, 5) is 2.56. The Labute approximate surface area is 97.4 Å². The molecule has 3 heteroatoms. The van der Waals surface area contributed by atoms with Gasteiger partial charge in [-0.1, -0.05) is 19.3 Å². The van der Waals surface area contributed by atoms with E-state index in [1.165, 1.54) is 43.7 Å². The van der Waals surface area contributed by atoms with Gasteiger partial charge in [-0.15, -0.1) is 0 Å². The van der Waals surface area contributed by atoms with Crippen molar-refractivity contribution in [3.8, 4) is 0 Å². The van der Waals surface area contributed by atoms with E-state index in [1.54, 1.807) is 0 Å². The molecule has 1 aliphatic heterocycles. The molecule has 3 unspecified atom stereocenters. The Morgan fingerprint density at radius 2 is 2.00 bits per heavy atom. The van der Waals surface area contributed by atoms with Crippen molar-refractivity contribution in [2.75, 3.05) is 18.1 Å². The second-order valence-electron chi connectivity index (χ2n) is 4.93. The molecule has 88 valence electrons. The molecule has 2 nitrogen and oxygen atoms in total. The largest absolute Gasteiger partial charge is 0.391 e. The maximum atomic E-state index is 10.2. The van der Waals surface area contributed by atoms with Gasteiger partial charge in [0.15, 0.2) is 0 Å². The highest BCUT2D eigenvalue weighted by molar-refractivity contribution is 7.99. The fourth-order valence-electron chi connectivity index (χ4n) is 2.89. The normalized spacial score (nSPS) is 40.0. The second-order valence-corrected chi connectivity index (χ2v) is 6.08. The molecule has 15 heavy (non-hydrogen) atoms. The molecule has 2 fully saturated rings. The van der Waals surface area contributed by atoms with E-state index in [1.807, 2.05) is 0 Å². The predicted octanol–water partition coefficient (Wildman–Crippen LogP) is 2.12. The summed E-state index contributed by atoms with van der Waals surface area (Å²) in [6.45, 7) is 3.48. The van der Waals surface area contributed by atoms with Gasteiger partial charge in [0.1, 0.15) is 0 Å². The lowest BCUT2D eigenvalue weighted by atomic mass is 10.0. The molecule has 3 atom stereocenters. The van der Waals surface area contributed by atoms with Gasteiger partial charge in [0, 0.05) is 30.1 Å². The van der Waals surface area contributed by atoms with Crippen LogP contribution in [0.2, 0.25) is 0 Å². The van der Waals surface area contributed by atoms with Crippen LogP contribution in [-0.4, -0.2) is 46.2 Å². The number of aliphatic hydroxyl groups is 1. The first kappa shape index (κ1) is 11.7. The molecule has 1 saturated carbocycles. The molecule has 1 saturated heterocycles. The molecule has 2 aliphatic rings. The lowest BCUT2D eigenvalue weighted by Crippen LogP contribution is -2.51. The summed E-state index contributed by atoms with van der Waals surface area (Å²) in [5.41, 5.74) is 0. The van der Waals surface area contributed by atoms with Crippen LogP contribution >= 0.6 is 11.8 Å². The van der Waals surface area contributed by atoms with E-state index in [9.17, 15) is 5.11 Å². The number of thioether (sulfide) groups is 1. The highest BCUT2D eigenvalue weighted by Gasteiger charge is 2.31. The van der Waals surface area contributed by atoms with Crippen LogP contribution in [0.15, 0.2) is 0 Å². The van der Waals surface area contributed by atoms with Crippen LogP contribution in [-0.2, 0) is 0 Å². The van der Waals surface area contributed by atoms with Crippen molar-refractivity contribution < 1.29 is 5.11 Å². The topological polar surface area (TPSA) is 23.5 Å². The first-order valence-electron chi connectivity index (χ1n) is 6.30. The van der Waals surface area contributed by atoms with E-state index in [0.29, 0.717) is 12.1 Å². The SMILES string of the molecule is CC1CSCCN1C1CCCCCC1O. The first-order valence-corrected chi connectivity index (χ1v) is 7.46. The van der Waals surface area contributed by atoms with Gasteiger partial charge in [0.2, 0.25) is 0 Å². The minimum absolute atomic E-state index is 0.0713. The molecule has 0 amide bonds. The van der Waals surface area contributed by atoms with E-state index in [4.69, 9.17) is 0 Å². The van der Waals surface area contributed by atoms with E-state index >= 15 is 0 Å². The zero-order valence-electron chi connectivity index (χ0n) is 9.69. The van der Waals surface area contributed by atoms with Crippen LogP contribution < -0.4 is 0 Å². The van der Waals surface area contributed by atoms with Gasteiger partial charge in [-0.3, -0.25) is 4.90 Å². The van der Waals surface area contributed by atoms with E-state index in [0.717, 1.165) is 6.42 Å². The fraction of sp³-hybridized carbons (Fsp3) is 1.00. The molecular weight excluding hydrogens is 206 g/mol. The molecule has 0 aromatic rings. The summed E-state index contributed by atoms with van der Waals surface area (Å²) in [5.74, 6) is 2.48. The summed E-state index contributed by atoms with van der Waals surface area (Å²) < 4.78 is 0. The third-order valence-electron chi connectivity index (χ3n) is 3.79. The Morgan fingerprint density at radius 3 is 2.80 bits per heavy atom. The highest BCUT2D eigenvalue weighted by atomic mass is 32.2. The maximum absolute atomic E-state index is 10.2. The van der Waals surface area contributed by atoms with E-state index in [-0.39, 0.29) is 6.10 Å². The predicted molar refractivity (Wildman–Crippen MR) is 66.4 cm³/mol. The Kier molecular flexibility index (Phi) is 4.35. The highest BCUT2D eigenvalue weighted by Crippen LogP contribution is 2.27. The fourth-order valence-corrected chi connectivity index (χ4v) is 3.93. The van der Waals surface area contributed by atoms with Crippen molar-refractivity contribution in [2.24, 2.45) is 0 Å². The van der Waals surface area contributed by atoms with Gasteiger partial charge in [-0.05, 0) is 19.8 Å². The summed E-state index contributed by atoms with van der Waals surface area (Å²) in [6, 6.07) is 1.10. The monoisotopic (exact) mass is 229 g/mol. The van der Waals surface area contributed by atoms with Crippen LogP contribution in [0.5, 0.6) is 0 Å². The molecule has 0 aromatic heterocycles. The van der Waals surface area contributed by atoms with Crippen molar-refractivity contribution in [3.05, 3.63) is 0 Å². The van der Waals surface area contributed by atoms with Crippen LogP contribution in [0.4, 0.5) is 0 Å². The van der Waals surface area contributed by atoms with Crippen molar-refractivity contribution in [1.82, 2.24) is 4.90 Å². The molecule has 2 rings (SSSR count). The number of aliphatic hydroxyl groups excluding tert-OH is 1. The summed E-state index contributed by atoms with van der Waals surface area (Å²) in [7, 11) is 0. The molecular formula is C12H23NOS. The number of hydrogen-bond acceptors (Lipinski definition) is 3. The minimum atomic E-state index is -0.0713. The van der Waals surface area contributed by atoms with Crippen molar-refractivity contribution in [1.29, 1.82) is 0 Å². The molecule has 0 radical (unpaired) electrons. The van der Waals surface area contributed by atoms with E-state index < -0.39 is 0 Å². The molecule has 1 N–H and O–H groups in total. The molecule has 0 aromatic carbocycles. The van der Waals surface area contributed by atoms with Crippen molar-refractivity contribution in [2.45, 2.75) is 57.2 Å². The maximum Gasteiger partial charge on any atom is 0.0695 e. The van der Waals surface area contributed by atoms with Crippen LogP contribution in [0.25, 0.3) is 0 Å². The molecule has 1 heterocycles. The molecule has 0 spiro atoms. The first-order chi connectivity index (χ1) is 7.29. The van der Waals surface area contributed by atoms with E-state index in [2.05, 4.69) is 23.6 Å². The molecule has 0 bridgehead atoms. The number of rotatable bonds is 1. The lowest BCUT2D eigenvalue weighted by molar-refractivity contribution is 0.0302. The smallest absolute Gasteiger partial charge is 0.0695 e. The lowest BCUT2D eigenvalue weighted by Gasteiger charge is -2.41. The van der Waals surface area contributed by atoms with Gasteiger partial charge >= 0.3 is 0 Å². The summed E-state index contributed by atoms with van der Waals surface area (Å²) in [6.07, 6.45) is 5.98. The third-order valence-corrected chi connectivity index (χ3v) is 4.98. The zero-order chi connectivity index (χ0) is 10.7. The van der Waals surface area contributed by atoms with Crippen LogP contribution in [0.1, 0.15) is 39.0 Å². The Morgan fingerprint density at radius 1 is 1.20 bits per heavy atom. The average molecular weight is 229 g/mol. The Bertz CT molecular complexity index is 200. The summed E-state index contributed by atoms with van der Waals surface area (Å²) in [5, 5.41) is 10.2. The van der Waals surface area contributed by atoms with Gasteiger partial charge in [0.05, 0.1) is 6.10 Å². The molecule has 1 aliphatic carbocycles. The quantitative estimate of drug-likeness (QED) is 0.697. The zero-order valence-corrected chi connectivity index (χ0v) is 10.5. The number of hydrogen-bond donors (Lipinski definition) is 1. The minimum Gasteiger partial charge on any atom is -0.391 e. The van der Waals surface area contributed by atoms with Gasteiger partial charge in [0.25, 0.3) is 0 Å². The van der Waals surface area contributed by atoms with Gasteiger partial charge in [-0.2, -0.15) is 11.8 Å². The van der Waals surface area contributed by atoms with Crippen molar-refractivity contribution >= 4 is 11.8 Å². The summed E-state index contributed by atoms with van der Waals surface area (Å²) >= 11 is 2.05. The standard InChI is InChI=1S/C12H23NOS/c1-10-9-15-8-7-13(10)11-5-3-2-4-6-12(11)14/h10-12,14H,2-9H2,1H3. The van der Waals surface area contributed by atoms with Crippen LogP contribution in [0.3, 0.4) is 0 Å². The van der Waals surface area contributed by atoms with Gasteiger partial charge < -0.3 is 5.11 Å². The Hall–Kier alpha value is 0.270. The van der Waals surface area contributed by atoms with Gasteiger partial charge in [-0.25, -0.2) is 0 Å². The number of nitrogens with zero attached hydrogens (tertiary/aromatic N) is 1.